The van der Waals surface area contributed by atoms with Gasteiger partial charge in [-0.2, -0.15) is 0 Å². The monoisotopic (exact) mass is 271 g/mol. The van der Waals surface area contributed by atoms with E-state index in [4.69, 9.17) is 0 Å². The quantitative estimate of drug-likeness (QED) is 0.672. The summed E-state index contributed by atoms with van der Waals surface area (Å²) in [6.45, 7) is -4.98. The molecule has 16 heavy (non-hydrogen) atoms. The Bertz CT molecular complexity index is 550. The van der Waals surface area contributed by atoms with Gasteiger partial charge in [0.05, 0.1) is 5.39 Å². The topological polar surface area (TPSA) is 22.0 Å². The summed E-state index contributed by atoms with van der Waals surface area (Å²) in [5.74, 6) is 0. The normalized spacial score (nSPS) is 11.4. The molecule has 2 nitrogen and oxygen atoms in total. The number of fused-ring (bicyclic) bond motifs is 1. The fourth-order valence-electron chi connectivity index (χ4n) is 1.37. The Balaban J connectivity index is 0.00000128. The minimum atomic E-state index is -4.98. The molecule has 80 valence electrons. The molecule has 0 fully saturated rings. The SMILES string of the molecule is O=c1c2ccsc2ccn1C[B-](F)(F)F.[K+]. The summed E-state index contributed by atoms with van der Waals surface area (Å²) in [5.41, 5.74) is -0.576. The number of halogens is 3. The number of hydrogen-bond acceptors (Lipinski definition) is 2. The van der Waals surface area contributed by atoms with Crippen molar-refractivity contribution in [3.63, 3.8) is 0 Å². The van der Waals surface area contributed by atoms with Crippen molar-refractivity contribution in [2.45, 2.75) is 6.44 Å². The fourth-order valence-corrected chi connectivity index (χ4v) is 2.15. The molecule has 0 spiro atoms. The predicted molar refractivity (Wildman–Crippen MR) is 55.2 cm³/mol. The number of nitrogens with zero attached hydrogens (tertiary/aromatic N) is 1. The Labute approximate surface area is 136 Å². The largest absolute Gasteiger partial charge is 1.00 e. The van der Waals surface area contributed by atoms with Gasteiger partial charge in [0.25, 0.3) is 5.56 Å². The minimum absolute atomic E-state index is 0. The van der Waals surface area contributed by atoms with Gasteiger partial charge in [0.1, 0.15) is 0 Å². The number of thiophene rings is 1. The summed E-state index contributed by atoms with van der Waals surface area (Å²) in [4.78, 5) is 11.5. The first-order valence-corrected chi connectivity index (χ1v) is 5.13. The van der Waals surface area contributed by atoms with E-state index < -0.39 is 19.0 Å². The summed E-state index contributed by atoms with van der Waals surface area (Å²) in [6.07, 6.45) is 0.0149. The molecule has 0 N–H and O–H groups in total. The van der Waals surface area contributed by atoms with Crippen LogP contribution in [0.15, 0.2) is 28.5 Å². The van der Waals surface area contributed by atoms with E-state index in [1.165, 1.54) is 23.6 Å². The zero-order valence-corrected chi connectivity index (χ0v) is 12.4. The first kappa shape index (κ1) is 14.5. The summed E-state index contributed by atoms with van der Waals surface area (Å²) in [6, 6.07) is 3.07. The molecule has 0 aliphatic carbocycles. The van der Waals surface area contributed by atoms with E-state index in [1.54, 1.807) is 11.4 Å². The molecule has 2 aromatic rings. The Kier molecular flexibility index (Phi) is 4.85. The van der Waals surface area contributed by atoms with Gasteiger partial charge in [0.15, 0.2) is 0 Å². The third kappa shape index (κ3) is 3.21. The molecule has 2 aromatic heterocycles. The van der Waals surface area contributed by atoms with Gasteiger partial charge in [-0.15, -0.1) is 11.3 Å². The Morgan fingerprint density at radius 3 is 2.62 bits per heavy atom. The number of pyridine rings is 1. The van der Waals surface area contributed by atoms with Gasteiger partial charge in [0.2, 0.25) is 0 Å². The molecular formula is C8H6BF3KNOS. The van der Waals surface area contributed by atoms with Crippen LogP contribution in [-0.4, -0.2) is 11.5 Å². The maximum absolute atomic E-state index is 12.2. The smallest absolute Gasteiger partial charge is 0.448 e. The molecular weight excluding hydrogens is 265 g/mol. The van der Waals surface area contributed by atoms with E-state index >= 15 is 0 Å². The Hall–Kier alpha value is 0.401. The molecule has 0 aliphatic rings. The van der Waals surface area contributed by atoms with Crippen molar-refractivity contribution >= 4 is 28.4 Å². The summed E-state index contributed by atoms with van der Waals surface area (Å²) in [7, 11) is 0. The Morgan fingerprint density at radius 1 is 1.31 bits per heavy atom. The van der Waals surface area contributed by atoms with E-state index in [9.17, 15) is 17.7 Å². The fraction of sp³-hybridized carbons (Fsp3) is 0.125. The van der Waals surface area contributed by atoms with E-state index in [2.05, 4.69) is 0 Å². The van der Waals surface area contributed by atoms with Crippen LogP contribution in [0.5, 0.6) is 0 Å². The molecule has 2 heterocycles. The van der Waals surface area contributed by atoms with Crippen LogP contribution >= 0.6 is 11.3 Å². The zero-order chi connectivity index (χ0) is 11.1. The predicted octanol–water partition coefficient (Wildman–Crippen LogP) is -0.546. The zero-order valence-electron chi connectivity index (χ0n) is 8.49. The van der Waals surface area contributed by atoms with Crippen molar-refractivity contribution in [2.75, 3.05) is 0 Å². The van der Waals surface area contributed by atoms with Crippen LogP contribution in [0, 0.1) is 0 Å². The third-order valence-electron chi connectivity index (χ3n) is 2.00. The van der Waals surface area contributed by atoms with Crippen LogP contribution in [0.1, 0.15) is 0 Å². The van der Waals surface area contributed by atoms with Crippen LogP contribution in [0.3, 0.4) is 0 Å². The molecule has 0 aromatic carbocycles. The molecule has 0 unspecified atom stereocenters. The van der Waals surface area contributed by atoms with E-state index in [1.807, 2.05) is 0 Å². The van der Waals surface area contributed by atoms with Crippen molar-refractivity contribution in [1.29, 1.82) is 0 Å². The third-order valence-corrected chi connectivity index (χ3v) is 2.88. The first-order valence-electron chi connectivity index (χ1n) is 4.25. The van der Waals surface area contributed by atoms with E-state index in [-0.39, 0.29) is 51.4 Å². The van der Waals surface area contributed by atoms with Gasteiger partial charge in [-0.3, -0.25) is 4.79 Å². The van der Waals surface area contributed by atoms with Crippen molar-refractivity contribution in [1.82, 2.24) is 4.57 Å². The molecule has 0 bridgehead atoms. The molecule has 0 aliphatic heterocycles. The molecule has 0 saturated heterocycles. The summed E-state index contributed by atoms with van der Waals surface area (Å²) in [5, 5.41) is 2.04. The molecule has 2 rings (SSSR count). The van der Waals surface area contributed by atoms with E-state index in [0.29, 0.717) is 14.7 Å². The second-order valence-corrected chi connectivity index (χ2v) is 4.13. The van der Waals surface area contributed by atoms with Crippen molar-refractivity contribution in [2.24, 2.45) is 0 Å². The maximum Gasteiger partial charge on any atom is 1.00 e. The average molecular weight is 271 g/mol. The minimum Gasteiger partial charge on any atom is -0.448 e. The molecule has 0 atom stereocenters. The van der Waals surface area contributed by atoms with Gasteiger partial charge in [-0.05, 0) is 24.0 Å². The van der Waals surface area contributed by atoms with Crippen LogP contribution < -0.4 is 56.9 Å². The molecule has 0 saturated carbocycles. The van der Waals surface area contributed by atoms with Gasteiger partial charge in [0, 0.05) is 10.9 Å². The second-order valence-electron chi connectivity index (χ2n) is 3.18. The molecule has 8 heteroatoms. The van der Waals surface area contributed by atoms with Crippen LogP contribution in [0.2, 0.25) is 0 Å². The summed E-state index contributed by atoms with van der Waals surface area (Å²) >= 11 is 1.34. The maximum atomic E-state index is 12.2. The number of rotatable bonds is 2. The average Bonchev–Trinajstić information content (AvgIpc) is 2.56. The van der Waals surface area contributed by atoms with Crippen LogP contribution in [-0.2, 0) is 6.44 Å². The first-order chi connectivity index (χ1) is 6.97. The van der Waals surface area contributed by atoms with Crippen molar-refractivity contribution in [3.8, 4) is 0 Å². The van der Waals surface area contributed by atoms with Gasteiger partial charge >= 0.3 is 58.4 Å². The van der Waals surface area contributed by atoms with Gasteiger partial charge in [-0.25, -0.2) is 0 Å². The van der Waals surface area contributed by atoms with Gasteiger partial charge in [-0.1, -0.05) is 0 Å². The van der Waals surface area contributed by atoms with Crippen molar-refractivity contribution in [3.05, 3.63) is 34.1 Å². The summed E-state index contributed by atoms with van der Waals surface area (Å²) < 4.78 is 37.9. The number of aromatic nitrogens is 1. The van der Waals surface area contributed by atoms with E-state index in [0.717, 1.165) is 0 Å². The standard InChI is InChI=1S/C8H6BF3NOS.K/c10-9(11,12)5-13-3-1-7-6(8(13)14)2-4-15-7;/h1-4H,5H2;/q-1;+1. The second kappa shape index (κ2) is 5.36. The molecule has 0 radical (unpaired) electrons. The Morgan fingerprint density at radius 2 is 2.00 bits per heavy atom. The van der Waals surface area contributed by atoms with Crippen molar-refractivity contribution < 1.29 is 64.3 Å². The number of hydrogen-bond donors (Lipinski definition) is 0. The van der Waals surface area contributed by atoms with Crippen LogP contribution in [0.25, 0.3) is 10.1 Å². The molecule has 0 amide bonds. The van der Waals surface area contributed by atoms with Gasteiger partial charge < -0.3 is 17.5 Å². The van der Waals surface area contributed by atoms with Crippen LogP contribution in [0.4, 0.5) is 12.9 Å².